The van der Waals surface area contributed by atoms with Crippen LogP contribution in [-0.4, -0.2) is 90.0 Å². The Morgan fingerprint density at radius 1 is 0.667 bits per heavy atom. The lowest BCUT2D eigenvalue weighted by Crippen LogP contribution is -2.43. The average molecular weight is 755 g/mol. The third-order valence-electron chi connectivity index (χ3n) is 9.97. The molecule has 0 saturated carbocycles. The Labute approximate surface area is 323 Å². The quantitative estimate of drug-likeness (QED) is 0.0869. The van der Waals surface area contributed by atoms with Gasteiger partial charge in [0.05, 0.1) is 35.3 Å². The van der Waals surface area contributed by atoms with Crippen molar-refractivity contribution in [1.82, 2.24) is 29.2 Å². The van der Waals surface area contributed by atoms with Crippen LogP contribution in [-0.2, 0) is 9.47 Å². The molecule has 4 aliphatic heterocycles. The molecule has 10 rings (SSSR count). The molecule has 0 spiro atoms. The lowest BCUT2D eigenvalue weighted by molar-refractivity contribution is 0.0301. The zero-order chi connectivity index (χ0) is 37.0. The van der Waals surface area contributed by atoms with Crippen LogP contribution in [0.1, 0.15) is 25.7 Å². The molecule has 14 heteroatoms. The molecule has 4 aromatic heterocycles. The van der Waals surface area contributed by atoms with E-state index in [4.69, 9.17) is 25.2 Å². The summed E-state index contributed by atoms with van der Waals surface area (Å²) in [5.41, 5.74) is 13.5. The van der Waals surface area contributed by atoms with Crippen molar-refractivity contribution < 1.29 is 9.47 Å². The standard InChI is InChI=1S/C19H17N5OS.C18H19N5O.C3H2S/c26-12-20-14-5-3-13(4-6-14)18-21-19(17-2-1-9-24(17)22-18)23-10-15-7-8-16(11-23)25-15;19-13-5-3-12(4-6-13)17-20-18(16-2-1-9-23(16)21-17)22-10-14-7-8-15(11-22)24-14;1-2-3-4/h1-6,9,15-16H,7-8,10-11H2;1-6,9,14-15H,7-8,10-11,19H2;1H2/t15-,16+;14-,15+;. The van der Waals surface area contributed by atoms with Gasteiger partial charge in [0.25, 0.3) is 0 Å². The molecule has 0 aliphatic carbocycles. The first-order valence-corrected chi connectivity index (χ1v) is 18.7. The van der Waals surface area contributed by atoms with Gasteiger partial charge in [-0.25, -0.2) is 19.0 Å². The van der Waals surface area contributed by atoms with E-state index in [0.717, 1.165) is 97.0 Å². The molecule has 8 heterocycles. The van der Waals surface area contributed by atoms with Crippen LogP contribution in [0.25, 0.3) is 33.8 Å². The summed E-state index contributed by atoms with van der Waals surface area (Å²) >= 11 is 8.79. The van der Waals surface area contributed by atoms with Gasteiger partial charge >= 0.3 is 0 Å². The highest BCUT2D eigenvalue weighted by molar-refractivity contribution is 7.78. The second-order valence-electron chi connectivity index (χ2n) is 13.6. The Morgan fingerprint density at radius 3 is 1.50 bits per heavy atom. The van der Waals surface area contributed by atoms with E-state index >= 15 is 0 Å². The molecule has 12 nitrogen and oxygen atoms in total. The van der Waals surface area contributed by atoms with Crippen LogP contribution < -0.4 is 15.5 Å². The molecule has 4 bridgehead atoms. The molecule has 54 heavy (non-hydrogen) atoms. The Kier molecular flexibility index (Phi) is 10.4. The highest BCUT2D eigenvalue weighted by atomic mass is 32.1. The summed E-state index contributed by atoms with van der Waals surface area (Å²) in [5.74, 6) is 3.37. The first-order valence-electron chi connectivity index (χ1n) is 17.9. The molecule has 0 unspecified atom stereocenters. The number of aliphatic imine (C=N–C) groups is 1. The van der Waals surface area contributed by atoms with Crippen LogP contribution in [0.4, 0.5) is 23.0 Å². The molecule has 272 valence electrons. The zero-order valence-electron chi connectivity index (χ0n) is 29.5. The first kappa shape index (κ1) is 35.5. The van der Waals surface area contributed by atoms with Gasteiger partial charge in [0.1, 0.15) is 11.0 Å². The van der Waals surface area contributed by atoms with E-state index in [1.165, 1.54) is 0 Å². The van der Waals surface area contributed by atoms with Gasteiger partial charge in [-0.2, -0.15) is 4.99 Å². The van der Waals surface area contributed by atoms with Gasteiger partial charge in [-0.15, -0.1) is 10.2 Å². The SMILES string of the molecule is C=C=C=S.Nc1ccc(-c2nc(N3C[C@H]4CC[C@@H](C3)O4)c3cccn3n2)cc1.S=C=Nc1ccc(-c2nc(N3C[C@H]4CC[C@@H](C3)O4)c3cccn3n2)cc1. The number of isothiocyanates is 1. The van der Waals surface area contributed by atoms with Crippen LogP contribution in [0.15, 0.2) is 102 Å². The second-order valence-corrected chi connectivity index (χ2v) is 14.0. The maximum absolute atomic E-state index is 5.98. The summed E-state index contributed by atoms with van der Waals surface area (Å²) < 4.78 is 15.8. The second kappa shape index (κ2) is 15.8. The number of nitrogen functional groups attached to an aromatic ring is 1. The van der Waals surface area contributed by atoms with E-state index in [-0.39, 0.29) is 0 Å². The fourth-order valence-corrected chi connectivity index (χ4v) is 7.60. The highest BCUT2D eigenvalue weighted by Gasteiger charge is 2.36. The predicted octanol–water partition coefficient (Wildman–Crippen LogP) is 6.77. The van der Waals surface area contributed by atoms with Crippen LogP contribution >= 0.6 is 24.4 Å². The Morgan fingerprint density at radius 2 is 1.09 bits per heavy atom. The molecule has 2 aromatic carbocycles. The maximum Gasteiger partial charge on any atom is 0.182 e. The van der Waals surface area contributed by atoms with Gasteiger partial charge in [0, 0.05) is 60.4 Å². The third kappa shape index (κ3) is 7.59. The minimum atomic E-state index is 0.314. The summed E-state index contributed by atoms with van der Waals surface area (Å²) in [7, 11) is 0. The van der Waals surface area contributed by atoms with Gasteiger partial charge in [0.2, 0.25) is 0 Å². The molecule has 4 aliphatic rings. The summed E-state index contributed by atoms with van der Waals surface area (Å²) in [6.45, 7) is 6.71. The van der Waals surface area contributed by atoms with Crippen molar-refractivity contribution in [2.24, 2.45) is 4.99 Å². The van der Waals surface area contributed by atoms with Crippen LogP contribution in [0.3, 0.4) is 0 Å². The fourth-order valence-electron chi connectivity index (χ4n) is 7.49. The maximum atomic E-state index is 5.98. The average Bonchev–Trinajstić information content (AvgIpc) is 4.02. The van der Waals surface area contributed by atoms with Gasteiger partial charge in [-0.1, -0.05) is 5.73 Å². The van der Waals surface area contributed by atoms with E-state index < -0.39 is 0 Å². The number of benzene rings is 2. The monoisotopic (exact) mass is 754 g/mol. The number of thiocarbonyl (C=S) groups is 2. The number of nitrogens with zero attached hydrogens (tertiary/aromatic N) is 9. The van der Waals surface area contributed by atoms with Crippen molar-refractivity contribution >= 4 is 68.7 Å². The van der Waals surface area contributed by atoms with Crippen molar-refractivity contribution in [2.75, 3.05) is 41.7 Å². The van der Waals surface area contributed by atoms with Crippen molar-refractivity contribution in [3.05, 3.63) is 97.5 Å². The fraction of sp³-hybridized carbons (Fsp3) is 0.300. The molecule has 4 atom stereocenters. The first-order chi connectivity index (χ1) is 26.5. The number of hydrogen-bond donors (Lipinski definition) is 1. The third-order valence-corrected chi connectivity index (χ3v) is 10.2. The van der Waals surface area contributed by atoms with Gasteiger partial charge in [-0.05, 0) is 129 Å². The number of hydrogen-bond acceptors (Lipinski definition) is 12. The largest absolute Gasteiger partial charge is 0.399 e. The summed E-state index contributed by atoms with van der Waals surface area (Å²) in [5, 5.41) is 13.9. The summed E-state index contributed by atoms with van der Waals surface area (Å²) in [6, 6.07) is 23.6. The molecule has 4 fully saturated rings. The van der Waals surface area contributed by atoms with E-state index in [0.29, 0.717) is 36.1 Å². The normalized spacial score (nSPS) is 21.0. The minimum Gasteiger partial charge on any atom is -0.399 e. The Hall–Kier alpha value is -5.55. The molecule has 2 N–H and O–H groups in total. The van der Waals surface area contributed by atoms with E-state index in [1.54, 1.807) is 0 Å². The number of morpholine rings is 2. The summed E-state index contributed by atoms with van der Waals surface area (Å²) in [4.78, 5) is 18.5. The van der Waals surface area contributed by atoms with Crippen molar-refractivity contribution in [2.45, 2.75) is 50.1 Å². The number of nitrogens with two attached hydrogens (primary N) is 1. The number of ether oxygens (including phenoxy) is 2. The predicted molar refractivity (Wildman–Crippen MR) is 218 cm³/mol. The topological polar surface area (TPSA) is 124 Å². The van der Waals surface area contributed by atoms with Crippen LogP contribution in [0.2, 0.25) is 0 Å². The van der Waals surface area contributed by atoms with Crippen LogP contribution in [0.5, 0.6) is 0 Å². The number of aromatic nitrogens is 6. The molecular formula is C40H38N10O2S2. The lowest BCUT2D eigenvalue weighted by atomic mass is 10.2. The number of rotatable bonds is 5. The molecule has 4 saturated heterocycles. The van der Waals surface area contributed by atoms with Gasteiger partial charge in [0.15, 0.2) is 23.3 Å². The Balaban J connectivity index is 0.000000140. The van der Waals surface area contributed by atoms with Crippen molar-refractivity contribution in [3.63, 3.8) is 0 Å². The van der Waals surface area contributed by atoms with Crippen molar-refractivity contribution in [1.29, 1.82) is 0 Å². The summed E-state index contributed by atoms with van der Waals surface area (Å²) in [6.07, 6.45) is 9.78. The highest BCUT2D eigenvalue weighted by Crippen LogP contribution is 2.33. The smallest absolute Gasteiger partial charge is 0.182 e. The minimum absolute atomic E-state index is 0.314. The van der Waals surface area contributed by atoms with Crippen LogP contribution in [0, 0.1) is 0 Å². The molecule has 0 radical (unpaired) electrons. The Bertz CT molecular complexity index is 2360. The lowest BCUT2D eigenvalue weighted by Gasteiger charge is -2.33. The van der Waals surface area contributed by atoms with E-state index in [1.807, 2.05) is 82.1 Å². The molecule has 0 amide bonds. The number of fused-ring (bicyclic) bond motifs is 6. The van der Waals surface area contributed by atoms with Gasteiger partial charge in [-0.3, -0.25) is 0 Å². The van der Waals surface area contributed by atoms with E-state index in [9.17, 15) is 0 Å². The molecular weight excluding hydrogens is 717 g/mol. The number of anilines is 3. The van der Waals surface area contributed by atoms with E-state index in [2.05, 4.69) is 84.1 Å². The van der Waals surface area contributed by atoms with Gasteiger partial charge < -0.3 is 25.0 Å². The zero-order valence-corrected chi connectivity index (χ0v) is 31.1. The molecule has 6 aromatic rings. The van der Waals surface area contributed by atoms with Crippen molar-refractivity contribution in [3.8, 4) is 22.8 Å².